The van der Waals surface area contributed by atoms with Crippen molar-refractivity contribution in [2.45, 2.75) is 31.9 Å². The van der Waals surface area contributed by atoms with Crippen LogP contribution in [0.3, 0.4) is 0 Å². The van der Waals surface area contributed by atoms with Crippen LogP contribution in [-0.2, 0) is 9.53 Å². The largest absolute Gasteiger partial charge is 0.375 e. The van der Waals surface area contributed by atoms with Gasteiger partial charge in [0.25, 0.3) is 5.91 Å². The van der Waals surface area contributed by atoms with Crippen LogP contribution in [0, 0.1) is 0 Å². The van der Waals surface area contributed by atoms with Gasteiger partial charge in [0.15, 0.2) is 0 Å². The van der Waals surface area contributed by atoms with E-state index in [-0.39, 0.29) is 24.0 Å². The summed E-state index contributed by atoms with van der Waals surface area (Å²) in [7, 11) is 2.03. The standard InChI is InChI=1S/C18H25N3O3/c1-3-24-16-12-20(2)11-15(16)19-18(23)13-6-8-14(9-7-13)21-10-4-5-17(21)22/h6-9,15-16H,3-5,10-12H2,1-2H3,(H,19,23)/t15-,16-/m1/s1. The number of anilines is 1. The molecule has 2 heterocycles. The average molecular weight is 331 g/mol. The van der Waals surface area contributed by atoms with E-state index in [1.165, 1.54) is 0 Å². The van der Waals surface area contributed by atoms with Crippen LogP contribution in [0.25, 0.3) is 0 Å². The van der Waals surface area contributed by atoms with Crippen molar-refractivity contribution in [3.05, 3.63) is 29.8 Å². The molecule has 2 aliphatic rings. The molecular formula is C18H25N3O3. The van der Waals surface area contributed by atoms with Crippen molar-refractivity contribution in [3.63, 3.8) is 0 Å². The van der Waals surface area contributed by atoms with Gasteiger partial charge in [-0.05, 0) is 44.7 Å². The normalized spacial score (nSPS) is 24.6. The molecule has 24 heavy (non-hydrogen) atoms. The topological polar surface area (TPSA) is 61.9 Å². The highest BCUT2D eigenvalue weighted by Crippen LogP contribution is 2.22. The maximum Gasteiger partial charge on any atom is 0.251 e. The van der Waals surface area contributed by atoms with Crippen LogP contribution in [0.5, 0.6) is 0 Å². The van der Waals surface area contributed by atoms with E-state index in [9.17, 15) is 9.59 Å². The summed E-state index contributed by atoms with van der Waals surface area (Å²) < 4.78 is 5.72. The first-order valence-electron chi connectivity index (χ1n) is 8.60. The average Bonchev–Trinajstić information content (AvgIpc) is 3.14. The third-order valence-electron chi connectivity index (χ3n) is 4.66. The highest BCUT2D eigenvalue weighted by molar-refractivity contribution is 5.97. The van der Waals surface area contributed by atoms with Gasteiger partial charge in [-0.1, -0.05) is 0 Å². The van der Waals surface area contributed by atoms with Crippen molar-refractivity contribution in [3.8, 4) is 0 Å². The van der Waals surface area contributed by atoms with Crippen molar-refractivity contribution in [2.24, 2.45) is 0 Å². The molecule has 2 amide bonds. The zero-order valence-electron chi connectivity index (χ0n) is 14.3. The van der Waals surface area contributed by atoms with Crippen LogP contribution in [0.4, 0.5) is 5.69 Å². The van der Waals surface area contributed by atoms with Crippen molar-refractivity contribution in [2.75, 3.05) is 38.2 Å². The lowest BCUT2D eigenvalue weighted by Crippen LogP contribution is -2.44. The minimum absolute atomic E-state index is 0.00212. The molecule has 2 saturated heterocycles. The van der Waals surface area contributed by atoms with E-state index in [0.29, 0.717) is 18.6 Å². The predicted molar refractivity (Wildman–Crippen MR) is 92.2 cm³/mol. The molecule has 1 aromatic carbocycles. The van der Waals surface area contributed by atoms with Gasteiger partial charge >= 0.3 is 0 Å². The maximum atomic E-state index is 12.5. The van der Waals surface area contributed by atoms with E-state index in [2.05, 4.69) is 10.2 Å². The van der Waals surface area contributed by atoms with Gasteiger partial charge in [-0.2, -0.15) is 0 Å². The molecule has 1 N–H and O–H groups in total. The van der Waals surface area contributed by atoms with E-state index in [4.69, 9.17) is 4.74 Å². The molecule has 6 heteroatoms. The summed E-state index contributed by atoms with van der Waals surface area (Å²) in [6.07, 6.45) is 1.54. The Bertz CT molecular complexity index is 602. The molecule has 1 aromatic rings. The number of hydrogen-bond acceptors (Lipinski definition) is 4. The van der Waals surface area contributed by atoms with Gasteiger partial charge in [0.2, 0.25) is 5.91 Å². The van der Waals surface area contributed by atoms with Crippen molar-refractivity contribution < 1.29 is 14.3 Å². The van der Waals surface area contributed by atoms with E-state index in [1.807, 2.05) is 26.1 Å². The summed E-state index contributed by atoms with van der Waals surface area (Å²) in [6, 6.07) is 7.26. The zero-order chi connectivity index (χ0) is 17.1. The molecule has 3 rings (SSSR count). The van der Waals surface area contributed by atoms with E-state index in [0.717, 1.165) is 31.7 Å². The Morgan fingerprint density at radius 1 is 1.29 bits per heavy atom. The highest BCUT2D eigenvalue weighted by Gasteiger charge is 2.32. The second kappa shape index (κ2) is 7.32. The van der Waals surface area contributed by atoms with Crippen LogP contribution in [0.1, 0.15) is 30.1 Å². The van der Waals surface area contributed by atoms with Gasteiger partial charge in [0.1, 0.15) is 0 Å². The zero-order valence-corrected chi connectivity index (χ0v) is 14.3. The van der Waals surface area contributed by atoms with Gasteiger partial charge in [0.05, 0.1) is 12.1 Å². The summed E-state index contributed by atoms with van der Waals surface area (Å²) in [5, 5.41) is 3.07. The van der Waals surface area contributed by atoms with Crippen molar-refractivity contribution in [1.82, 2.24) is 10.2 Å². The van der Waals surface area contributed by atoms with Gasteiger partial charge in [-0.3, -0.25) is 9.59 Å². The minimum atomic E-state index is -0.0979. The number of rotatable bonds is 5. The number of nitrogens with zero attached hydrogens (tertiary/aromatic N) is 2. The number of benzene rings is 1. The second-order valence-electron chi connectivity index (χ2n) is 6.49. The second-order valence-corrected chi connectivity index (χ2v) is 6.49. The molecule has 2 atom stereocenters. The lowest BCUT2D eigenvalue weighted by atomic mass is 10.1. The summed E-state index contributed by atoms with van der Waals surface area (Å²) in [6.45, 7) is 4.99. The SMILES string of the molecule is CCO[C@@H]1CN(C)C[C@H]1NC(=O)c1ccc(N2CCCC2=O)cc1. The predicted octanol–water partition coefficient (Wildman–Crippen LogP) is 1.26. The van der Waals surface area contributed by atoms with Gasteiger partial charge in [-0.15, -0.1) is 0 Å². The van der Waals surface area contributed by atoms with Gasteiger partial charge < -0.3 is 19.9 Å². The third kappa shape index (κ3) is 3.60. The number of nitrogens with one attached hydrogen (secondary N) is 1. The molecular weight excluding hydrogens is 306 g/mol. The first-order chi connectivity index (χ1) is 11.6. The molecule has 2 fully saturated rings. The van der Waals surface area contributed by atoms with Crippen LogP contribution in [0.15, 0.2) is 24.3 Å². The number of likely N-dealkylation sites (N-methyl/N-ethyl adjacent to an activating group) is 1. The first kappa shape index (κ1) is 16.9. The number of amides is 2. The van der Waals surface area contributed by atoms with E-state index < -0.39 is 0 Å². The number of carbonyl (C=O) groups is 2. The first-order valence-corrected chi connectivity index (χ1v) is 8.60. The Morgan fingerprint density at radius 2 is 2.04 bits per heavy atom. The minimum Gasteiger partial charge on any atom is -0.375 e. The smallest absolute Gasteiger partial charge is 0.251 e. The van der Waals surface area contributed by atoms with Crippen LogP contribution in [-0.4, -0.2) is 62.1 Å². The van der Waals surface area contributed by atoms with Crippen LogP contribution >= 0.6 is 0 Å². The Kier molecular flexibility index (Phi) is 5.16. The number of likely N-dealkylation sites (tertiary alicyclic amines) is 1. The molecule has 0 bridgehead atoms. The molecule has 0 saturated carbocycles. The third-order valence-corrected chi connectivity index (χ3v) is 4.66. The van der Waals surface area contributed by atoms with Crippen LogP contribution in [0.2, 0.25) is 0 Å². The number of hydrogen-bond donors (Lipinski definition) is 1. The van der Waals surface area contributed by atoms with Crippen molar-refractivity contribution >= 4 is 17.5 Å². The Hall–Kier alpha value is -1.92. The Labute approximate surface area is 142 Å². The quantitative estimate of drug-likeness (QED) is 0.882. The molecule has 0 radical (unpaired) electrons. The number of carbonyl (C=O) groups excluding carboxylic acids is 2. The Morgan fingerprint density at radius 3 is 2.67 bits per heavy atom. The summed E-state index contributed by atoms with van der Waals surface area (Å²) >= 11 is 0. The van der Waals surface area contributed by atoms with E-state index >= 15 is 0 Å². The molecule has 130 valence electrons. The fraction of sp³-hybridized carbons (Fsp3) is 0.556. The summed E-state index contributed by atoms with van der Waals surface area (Å²) in [5.41, 5.74) is 1.47. The van der Waals surface area contributed by atoms with Crippen molar-refractivity contribution in [1.29, 1.82) is 0 Å². The molecule has 0 spiro atoms. The maximum absolute atomic E-state index is 12.5. The highest BCUT2D eigenvalue weighted by atomic mass is 16.5. The Balaban J connectivity index is 1.63. The van der Waals surface area contributed by atoms with Crippen LogP contribution < -0.4 is 10.2 Å². The number of ether oxygens (including phenoxy) is 1. The molecule has 0 aliphatic carbocycles. The van der Waals surface area contributed by atoms with Gasteiger partial charge in [-0.25, -0.2) is 0 Å². The molecule has 6 nitrogen and oxygen atoms in total. The molecule has 0 unspecified atom stereocenters. The van der Waals surface area contributed by atoms with E-state index in [1.54, 1.807) is 17.0 Å². The lowest BCUT2D eigenvalue weighted by Gasteiger charge is -2.20. The molecule has 2 aliphatic heterocycles. The fourth-order valence-electron chi connectivity index (χ4n) is 3.45. The lowest BCUT2D eigenvalue weighted by molar-refractivity contribution is -0.117. The molecule has 0 aromatic heterocycles. The summed E-state index contributed by atoms with van der Waals surface area (Å²) in [4.78, 5) is 28.2. The summed E-state index contributed by atoms with van der Waals surface area (Å²) in [5.74, 6) is 0.0556. The fourth-order valence-corrected chi connectivity index (χ4v) is 3.45. The monoisotopic (exact) mass is 331 g/mol. The van der Waals surface area contributed by atoms with Gasteiger partial charge in [0, 0.05) is 43.9 Å².